The van der Waals surface area contributed by atoms with Crippen molar-refractivity contribution in [3.63, 3.8) is 0 Å². The third kappa shape index (κ3) is 5.07. The van der Waals surface area contributed by atoms with Crippen molar-refractivity contribution in [2.24, 2.45) is 17.8 Å². The minimum absolute atomic E-state index is 0.166. The Hall–Kier alpha value is -0.410. The fourth-order valence-corrected chi connectivity index (χ4v) is 3.95. The molecule has 3 atom stereocenters. The minimum atomic E-state index is -0.166. The third-order valence-electron chi connectivity index (χ3n) is 4.69. The fourth-order valence-electron chi connectivity index (χ4n) is 3.44. The quantitative estimate of drug-likeness (QED) is 0.766. The van der Waals surface area contributed by atoms with E-state index in [1.165, 1.54) is 24.8 Å². The number of halogens is 2. The van der Waals surface area contributed by atoms with Gasteiger partial charge in [-0.15, -0.1) is 0 Å². The molecule has 3 unspecified atom stereocenters. The molecule has 0 spiro atoms. The van der Waals surface area contributed by atoms with E-state index in [1.54, 1.807) is 12.1 Å². The van der Waals surface area contributed by atoms with Crippen LogP contribution in [0.5, 0.6) is 0 Å². The Labute approximate surface area is 136 Å². The number of hydrogen-bond acceptors (Lipinski definition) is 1. The first-order valence-corrected chi connectivity index (χ1v) is 8.92. The number of rotatable bonds is 5. The van der Waals surface area contributed by atoms with Crippen LogP contribution in [0.1, 0.15) is 45.6 Å². The lowest BCUT2D eigenvalue weighted by atomic mass is 9.72. The molecule has 1 aliphatic rings. The van der Waals surface area contributed by atoms with Crippen LogP contribution in [-0.4, -0.2) is 12.6 Å². The van der Waals surface area contributed by atoms with Crippen LogP contribution in [0.4, 0.5) is 4.39 Å². The van der Waals surface area contributed by atoms with Crippen LogP contribution in [0.15, 0.2) is 22.7 Å². The summed E-state index contributed by atoms with van der Waals surface area (Å²) in [5.41, 5.74) is 1.24. The van der Waals surface area contributed by atoms with E-state index < -0.39 is 0 Å². The Morgan fingerprint density at radius 1 is 1.29 bits per heavy atom. The molecule has 0 amide bonds. The molecule has 1 aromatic rings. The number of hydrogen-bond donors (Lipinski definition) is 1. The van der Waals surface area contributed by atoms with E-state index in [9.17, 15) is 4.39 Å². The predicted octanol–water partition coefficient (Wildman–Crippen LogP) is 5.18. The first kappa shape index (κ1) is 17.0. The molecule has 0 aliphatic heterocycles. The Kier molecular flexibility index (Phi) is 6.24. The number of benzene rings is 1. The highest BCUT2D eigenvalue weighted by molar-refractivity contribution is 9.10. The van der Waals surface area contributed by atoms with Crippen LogP contribution in [0.25, 0.3) is 0 Å². The maximum atomic E-state index is 13.2. The molecule has 1 saturated carbocycles. The second kappa shape index (κ2) is 7.73. The van der Waals surface area contributed by atoms with Gasteiger partial charge >= 0.3 is 0 Å². The molecule has 1 aliphatic carbocycles. The van der Waals surface area contributed by atoms with Crippen molar-refractivity contribution in [3.8, 4) is 0 Å². The first-order chi connectivity index (χ1) is 9.95. The predicted molar refractivity (Wildman–Crippen MR) is 90.9 cm³/mol. The zero-order valence-electron chi connectivity index (χ0n) is 13.3. The van der Waals surface area contributed by atoms with Crippen molar-refractivity contribution in [2.75, 3.05) is 6.54 Å². The zero-order valence-corrected chi connectivity index (χ0v) is 14.9. The average Bonchev–Trinajstić information content (AvgIpc) is 2.41. The Morgan fingerprint density at radius 3 is 2.71 bits per heavy atom. The Bertz CT molecular complexity index is 461. The number of nitrogens with one attached hydrogen (secondary N) is 1. The standard InChI is InChI=1S/C18H27BrFN/c1-12(2)21-11-15-5-4-13(3)8-16(15)9-14-6-7-17(20)10-18(14)19/h6-7,10,12-13,15-16,21H,4-5,8-9,11H2,1-3H3. The average molecular weight is 356 g/mol. The smallest absolute Gasteiger partial charge is 0.124 e. The Morgan fingerprint density at radius 2 is 2.05 bits per heavy atom. The molecule has 1 fully saturated rings. The molecule has 1 aromatic carbocycles. The first-order valence-electron chi connectivity index (χ1n) is 8.13. The van der Waals surface area contributed by atoms with Gasteiger partial charge in [-0.1, -0.05) is 49.2 Å². The summed E-state index contributed by atoms with van der Waals surface area (Å²) >= 11 is 3.52. The van der Waals surface area contributed by atoms with Gasteiger partial charge in [0.05, 0.1) is 0 Å². The van der Waals surface area contributed by atoms with Crippen molar-refractivity contribution in [2.45, 2.75) is 52.5 Å². The van der Waals surface area contributed by atoms with E-state index in [1.807, 2.05) is 6.07 Å². The summed E-state index contributed by atoms with van der Waals surface area (Å²) in [5, 5.41) is 3.60. The van der Waals surface area contributed by atoms with E-state index in [-0.39, 0.29) is 5.82 Å². The highest BCUT2D eigenvalue weighted by atomic mass is 79.9. The molecule has 2 rings (SSSR count). The van der Waals surface area contributed by atoms with Gasteiger partial charge in [0, 0.05) is 10.5 Å². The van der Waals surface area contributed by atoms with Crippen LogP contribution in [0.3, 0.4) is 0 Å². The van der Waals surface area contributed by atoms with Crippen LogP contribution in [0.2, 0.25) is 0 Å². The van der Waals surface area contributed by atoms with Gasteiger partial charge in [-0.05, 0) is 61.3 Å². The van der Waals surface area contributed by atoms with E-state index >= 15 is 0 Å². The molecular weight excluding hydrogens is 329 g/mol. The van der Waals surface area contributed by atoms with Gasteiger partial charge < -0.3 is 5.32 Å². The molecule has 1 nitrogen and oxygen atoms in total. The molecule has 3 heteroatoms. The topological polar surface area (TPSA) is 12.0 Å². The van der Waals surface area contributed by atoms with Crippen LogP contribution < -0.4 is 5.32 Å². The highest BCUT2D eigenvalue weighted by Gasteiger charge is 2.29. The van der Waals surface area contributed by atoms with E-state index in [0.717, 1.165) is 29.3 Å². The molecule has 1 N–H and O–H groups in total. The molecule has 0 aromatic heterocycles. The van der Waals surface area contributed by atoms with E-state index in [2.05, 4.69) is 42.0 Å². The summed E-state index contributed by atoms with van der Waals surface area (Å²) in [4.78, 5) is 0. The molecule has 0 bridgehead atoms. The molecule has 118 valence electrons. The van der Waals surface area contributed by atoms with Gasteiger partial charge in [0.2, 0.25) is 0 Å². The summed E-state index contributed by atoms with van der Waals surface area (Å²) in [5.74, 6) is 2.08. The van der Waals surface area contributed by atoms with Crippen molar-refractivity contribution in [3.05, 3.63) is 34.1 Å². The van der Waals surface area contributed by atoms with Gasteiger partial charge in [0.25, 0.3) is 0 Å². The lowest BCUT2D eigenvalue weighted by molar-refractivity contribution is 0.181. The van der Waals surface area contributed by atoms with Crippen LogP contribution >= 0.6 is 15.9 Å². The fraction of sp³-hybridized carbons (Fsp3) is 0.667. The highest BCUT2D eigenvalue weighted by Crippen LogP contribution is 2.36. The van der Waals surface area contributed by atoms with E-state index in [4.69, 9.17) is 0 Å². The van der Waals surface area contributed by atoms with Gasteiger partial charge in [-0.2, -0.15) is 0 Å². The summed E-state index contributed by atoms with van der Waals surface area (Å²) < 4.78 is 14.1. The van der Waals surface area contributed by atoms with Gasteiger partial charge in [-0.3, -0.25) is 0 Å². The van der Waals surface area contributed by atoms with Crippen LogP contribution in [0, 0.1) is 23.6 Å². The maximum Gasteiger partial charge on any atom is 0.124 e. The third-order valence-corrected chi connectivity index (χ3v) is 5.43. The summed E-state index contributed by atoms with van der Waals surface area (Å²) in [6, 6.07) is 5.64. The van der Waals surface area contributed by atoms with Crippen molar-refractivity contribution < 1.29 is 4.39 Å². The normalized spacial score (nSPS) is 26.3. The van der Waals surface area contributed by atoms with Crippen molar-refractivity contribution >= 4 is 15.9 Å². The molecular formula is C18H27BrFN. The molecule has 0 radical (unpaired) electrons. The van der Waals surface area contributed by atoms with Crippen molar-refractivity contribution in [1.29, 1.82) is 0 Å². The van der Waals surface area contributed by atoms with Gasteiger partial charge in [0.1, 0.15) is 5.82 Å². The SMILES string of the molecule is CC1CCC(CNC(C)C)C(Cc2ccc(F)cc2Br)C1. The maximum absolute atomic E-state index is 13.2. The Balaban J connectivity index is 2.05. The lowest BCUT2D eigenvalue weighted by Crippen LogP contribution is -2.36. The minimum Gasteiger partial charge on any atom is -0.314 e. The second-order valence-corrected chi connectivity index (χ2v) is 7.80. The molecule has 0 heterocycles. The molecule has 21 heavy (non-hydrogen) atoms. The van der Waals surface area contributed by atoms with Crippen molar-refractivity contribution in [1.82, 2.24) is 5.32 Å². The van der Waals surface area contributed by atoms with Gasteiger partial charge in [0.15, 0.2) is 0 Å². The summed E-state index contributed by atoms with van der Waals surface area (Å²) in [6.07, 6.45) is 4.99. The monoisotopic (exact) mass is 355 g/mol. The van der Waals surface area contributed by atoms with Crippen LogP contribution in [-0.2, 0) is 6.42 Å². The summed E-state index contributed by atoms with van der Waals surface area (Å²) in [7, 11) is 0. The molecule has 0 saturated heterocycles. The largest absolute Gasteiger partial charge is 0.314 e. The van der Waals surface area contributed by atoms with Gasteiger partial charge in [-0.25, -0.2) is 4.39 Å². The van der Waals surface area contributed by atoms with E-state index in [0.29, 0.717) is 12.0 Å². The second-order valence-electron chi connectivity index (χ2n) is 6.94. The zero-order chi connectivity index (χ0) is 15.4. The summed E-state index contributed by atoms with van der Waals surface area (Å²) in [6.45, 7) is 7.88. The lowest BCUT2D eigenvalue weighted by Gasteiger charge is -2.36.